The van der Waals surface area contributed by atoms with Crippen LogP contribution in [0.25, 0.3) is 0 Å². The van der Waals surface area contributed by atoms with Crippen LogP contribution in [0.4, 0.5) is 0 Å². The van der Waals surface area contributed by atoms with E-state index in [1.165, 1.54) is 43.4 Å². The first kappa shape index (κ1) is 12.4. The first-order valence-electron chi connectivity index (χ1n) is 7.91. The van der Waals surface area contributed by atoms with Crippen LogP contribution in [-0.2, 0) is 0 Å². The van der Waals surface area contributed by atoms with E-state index in [9.17, 15) is 0 Å². The lowest BCUT2D eigenvalue weighted by molar-refractivity contribution is -0.0736. The standard InChI is InChI=1S/C17H25NS/c1-11-15(3-4-19-11)16(18-2)17-8-12-5-13(9-17)7-14(6-12)10-17/h3-4,12-14,16,18H,5-10H2,1-2H3. The minimum Gasteiger partial charge on any atom is -0.312 e. The smallest absolute Gasteiger partial charge is 0.0386 e. The predicted molar refractivity (Wildman–Crippen MR) is 81.5 cm³/mol. The van der Waals surface area contributed by atoms with E-state index >= 15 is 0 Å². The number of nitrogens with one attached hydrogen (secondary N) is 1. The Morgan fingerprint density at radius 3 is 2.16 bits per heavy atom. The maximum absolute atomic E-state index is 3.71. The molecule has 1 heterocycles. The molecule has 1 N–H and O–H groups in total. The molecule has 19 heavy (non-hydrogen) atoms. The summed E-state index contributed by atoms with van der Waals surface area (Å²) in [4.78, 5) is 1.52. The van der Waals surface area contributed by atoms with Crippen molar-refractivity contribution in [1.29, 1.82) is 0 Å². The second-order valence-corrected chi connectivity index (χ2v) is 8.55. The van der Waals surface area contributed by atoms with E-state index in [2.05, 4.69) is 30.7 Å². The van der Waals surface area contributed by atoms with E-state index in [4.69, 9.17) is 0 Å². The maximum atomic E-state index is 3.71. The van der Waals surface area contributed by atoms with E-state index < -0.39 is 0 Å². The van der Waals surface area contributed by atoms with Crippen LogP contribution in [-0.4, -0.2) is 7.05 Å². The molecule has 4 bridgehead atoms. The lowest BCUT2D eigenvalue weighted by atomic mass is 9.47. The molecule has 5 rings (SSSR count). The Kier molecular flexibility index (Phi) is 2.82. The summed E-state index contributed by atoms with van der Waals surface area (Å²) in [7, 11) is 2.18. The molecule has 1 aromatic heterocycles. The van der Waals surface area contributed by atoms with Gasteiger partial charge in [0.15, 0.2) is 0 Å². The number of aryl methyl sites for hydroxylation is 1. The molecule has 4 saturated carbocycles. The maximum Gasteiger partial charge on any atom is 0.0386 e. The Hall–Kier alpha value is -0.340. The summed E-state index contributed by atoms with van der Waals surface area (Å²) in [6.45, 7) is 2.30. The fourth-order valence-electron chi connectivity index (χ4n) is 6.02. The summed E-state index contributed by atoms with van der Waals surface area (Å²) in [6.07, 6.45) is 9.08. The van der Waals surface area contributed by atoms with E-state index in [0.29, 0.717) is 11.5 Å². The fraction of sp³-hybridized carbons (Fsp3) is 0.765. The highest BCUT2D eigenvalue weighted by Gasteiger charge is 2.54. The van der Waals surface area contributed by atoms with Gasteiger partial charge in [0.1, 0.15) is 0 Å². The second-order valence-electron chi connectivity index (χ2n) is 7.43. The molecule has 0 saturated heterocycles. The van der Waals surface area contributed by atoms with Gasteiger partial charge in [0.05, 0.1) is 0 Å². The number of thiophene rings is 1. The van der Waals surface area contributed by atoms with Gasteiger partial charge in [0.25, 0.3) is 0 Å². The summed E-state index contributed by atoms with van der Waals surface area (Å²) < 4.78 is 0. The summed E-state index contributed by atoms with van der Waals surface area (Å²) >= 11 is 1.91. The van der Waals surface area contributed by atoms with Crippen molar-refractivity contribution in [3.8, 4) is 0 Å². The third-order valence-corrected chi connectivity index (χ3v) is 7.06. The summed E-state index contributed by atoms with van der Waals surface area (Å²) in [5.74, 6) is 3.13. The van der Waals surface area contributed by atoms with E-state index in [1.807, 2.05) is 11.3 Å². The minimum absolute atomic E-state index is 0.579. The molecule has 1 unspecified atom stereocenters. The van der Waals surface area contributed by atoms with Crippen molar-refractivity contribution in [1.82, 2.24) is 5.32 Å². The molecule has 0 amide bonds. The average molecular weight is 275 g/mol. The number of rotatable bonds is 3. The lowest BCUT2D eigenvalue weighted by Gasteiger charge is -2.59. The Bertz CT molecular complexity index is 440. The van der Waals surface area contributed by atoms with Crippen LogP contribution in [0.3, 0.4) is 0 Å². The van der Waals surface area contributed by atoms with Gasteiger partial charge in [-0.15, -0.1) is 11.3 Å². The largest absolute Gasteiger partial charge is 0.312 e. The molecule has 0 aliphatic heterocycles. The fourth-order valence-corrected chi connectivity index (χ4v) is 6.76. The van der Waals surface area contributed by atoms with Crippen LogP contribution in [0.5, 0.6) is 0 Å². The third kappa shape index (κ3) is 1.83. The van der Waals surface area contributed by atoms with Crippen molar-refractivity contribution >= 4 is 11.3 Å². The normalized spacial score (nSPS) is 41.7. The van der Waals surface area contributed by atoms with Crippen LogP contribution in [0, 0.1) is 30.1 Å². The van der Waals surface area contributed by atoms with Gasteiger partial charge in [0.2, 0.25) is 0 Å². The highest BCUT2D eigenvalue weighted by atomic mass is 32.1. The molecule has 1 atom stereocenters. The van der Waals surface area contributed by atoms with E-state index in [0.717, 1.165) is 17.8 Å². The lowest BCUT2D eigenvalue weighted by Crippen LogP contribution is -2.51. The quantitative estimate of drug-likeness (QED) is 0.854. The zero-order valence-corrected chi connectivity index (χ0v) is 12.9. The first-order chi connectivity index (χ1) is 9.20. The van der Waals surface area contributed by atoms with Gasteiger partial charge in [-0.2, -0.15) is 0 Å². The van der Waals surface area contributed by atoms with Crippen molar-refractivity contribution in [2.24, 2.45) is 23.2 Å². The van der Waals surface area contributed by atoms with Crippen LogP contribution in [0.15, 0.2) is 11.4 Å². The first-order valence-corrected chi connectivity index (χ1v) is 8.79. The average Bonchev–Trinajstić information content (AvgIpc) is 2.74. The molecule has 4 aliphatic carbocycles. The van der Waals surface area contributed by atoms with Gasteiger partial charge in [0, 0.05) is 10.9 Å². The molecular weight excluding hydrogens is 250 g/mol. The van der Waals surface area contributed by atoms with Crippen LogP contribution >= 0.6 is 11.3 Å². The zero-order valence-electron chi connectivity index (χ0n) is 12.1. The van der Waals surface area contributed by atoms with Gasteiger partial charge in [-0.25, -0.2) is 0 Å². The van der Waals surface area contributed by atoms with Crippen molar-refractivity contribution in [2.45, 2.75) is 51.5 Å². The molecule has 0 spiro atoms. The van der Waals surface area contributed by atoms with Gasteiger partial charge in [-0.05, 0) is 92.7 Å². The van der Waals surface area contributed by atoms with Crippen LogP contribution < -0.4 is 5.32 Å². The molecule has 0 aromatic carbocycles. The molecule has 1 aromatic rings. The Morgan fingerprint density at radius 1 is 1.16 bits per heavy atom. The topological polar surface area (TPSA) is 12.0 Å². The highest BCUT2D eigenvalue weighted by molar-refractivity contribution is 7.10. The molecular formula is C17H25NS. The molecule has 104 valence electrons. The SMILES string of the molecule is CNC(c1ccsc1C)C12CC3CC(CC(C3)C1)C2. The van der Waals surface area contributed by atoms with E-state index in [1.54, 1.807) is 5.56 Å². The van der Waals surface area contributed by atoms with Crippen molar-refractivity contribution < 1.29 is 0 Å². The Morgan fingerprint density at radius 2 is 1.74 bits per heavy atom. The van der Waals surface area contributed by atoms with Crippen molar-refractivity contribution in [3.63, 3.8) is 0 Å². The second kappa shape index (κ2) is 4.33. The predicted octanol–water partition coefficient (Wildman–Crippen LogP) is 4.53. The Labute approximate surface area is 120 Å². The molecule has 1 nitrogen and oxygen atoms in total. The summed E-state index contributed by atoms with van der Waals surface area (Å²) in [5, 5.41) is 5.98. The zero-order chi connectivity index (χ0) is 13.0. The monoisotopic (exact) mass is 275 g/mol. The summed E-state index contributed by atoms with van der Waals surface area (Å²) in [6, 6.07) is 2.98. The molecule has 4 aliphatic rings. The molecule has 4 fully saturated rings. The van der Waals surface area contributed by atoms with Gasteiger partial charge < -0.3 is 5.32 Å². The van der Waals surface area contributed by atoms with Crippen LogP contribution in [0.2, 0.25) is 0 Å². The Balaban J connectivity index is 1.72. The van der Waals surface area contributed by atoms with E-state index in [-0.39, 0.29) is 0 Å². The van der Waals surface area contributed by atoms with Crippen molar-refractivity contribution in [3.05, 3.63) is 21.9 Å². The van der Waals surface area contributed by atoms with Crippen molar-refractivity contribution in [2.75, 3.05) is 7.05 Å². The van der Waals surface area contributed by atoms with Gasteiger partial charge in [-0.3, -0.25) is 0 Å². The van der Waals surface area contributed by atoms with Gasteiger partial charge >= 0.3 is 0 Å². The summed E-state index contributed by atoms with van der Waals surface area (Å²) in [5.41, 5.74) is 2.17. The van der Waals surface area contributed by atoms with Gasteiger partial charge in [-0.1, -0.05) is 0 Å². The minimum atomic E-state index is 0.579. The number of hydrogen-bond acceptors (Lipinski definition) is 2. The molecule has 2 heteroatoms. The highest BCUT2D eigenvalue weighted by Crippen LogP contribution is 2.64. The third-order valence-electron chi connectivity index (χ3n) is 6.20. The van der Waals surface area contributed by atoms with Crippen LogP contribution in [0.1, 0.15) is 55.0 Å². The molecule has 0 radical (unpaired) electrons. The number of hydrogen-bond donors (Lipinski definition) is 1.